The molecule has 0 atom stereocenters. The first-order valence-electron chi connectivity index (χ1n) is 13.8. The van der Waals surface area contributed by atoms with E-state index >= 15 is 0 Å². The van der Waals surface area contributed by atoms with Crippen LogP contribution in [0.1, 0.15) is 28.8 Å². The molecular formula is C29H33F2N7O4S. The van der Waals surface area contributed by atoms with Gasteiger partial charge >= 0.3 is 0 Å². The highest BCUT2D eigenvalue weighted by atomic mass is 32.2. The number of nitrogens with zero attached hydrogens (tertiary/aromatic N) is 4. The molecule has 2 saturated heterocycles. The van der Waals surface area contributed by atoms with Crippen LogP contribution in [0.3, 0.4) is 0 Å². The number of rotatable bonds is 7. The first kappa shape index (κ1) is 30.3. The molecule has 1 amide bonds. The SMILES string of the molecule is CN1CCN(c2ccc(C(=O)N=C(N)c3cc(S(=O)(=O)c4cc(F)cc(F)c4)cnc3N)c(NC3CCOCC3)c2)CC1. The minimum atomic E-state index is -4.40. The highest BCUT2D eigenvalue weighted by molar-refractivity contribution is 7.91. The number of pyridine rings is 1. The van der Waals surface area contributed by atoms with Gasteiger partial charge in [0.25, 0.3) is 5.91 Å². The summed E-state index contributed by atoms with van der Waals surface area (Å²) >= 11 is 0. The Kier molecular flexibility index (Phi) is 8.89. The zero-order chi connectivity index (χ0) is 30.7. The van der Waals surface area contributed by atoms with E-state index in [1.165, 1.54) is 0 Å². The Morgan fingerprint density at radius 3 is 2.35 bits per heavy atom. The van der Waals surface area contributed by atoms with Crippen molar-refractivity contribution in [2.45, 2.75) is 28.7 Å². The van der Waals surface area contributed by atoms with Crippen LogP contribution in [0.15, 0.2) is 63.4 Å². The summed E-state index contributed by atoms with van der Waals surface area (Å²) in [4.78, 5) is 24.9. The van der Waals surface area contributed by atoms with Crippen LogP contribution >= 0.6 is 0 Å². The lowest BCUT2D eigenvalue weighted by Gasteiger charge is -2.34. The number of aliphatic imine (C=N–C) groups is 1. The minimum Gasteiger partial charge on any atom is -0.383 e. The molecule has 3 heterocycles. The standard InChI is InChI=1S/C29H33F2N7O4S/c1-37-6-8-38(9-7-37)21-2-3-24(26(15-21)35-20-4-10-42-11-5-20)29(39)36-28(33)25-16-23(17-34-27(25)32)43(40,41)22-13-18(30)12-19(31)14-22/h2-3,12-17,20,35H,4-11H2,1H3,(H2,32,34)(H2,33,36,39). The average Bonchev–Trinajstić information content (AvgIpc) is 2.97. The molecule has 1 aromatic heterocycles. The second-order valence-electron chi connectivity index (χ2n) is 10.6. The Hall–Kier alpha value is -4.14. The van der Waals surface area contributed by atoms with Gasteiger partial charge < -0.3 is 31.3 Å². The molecule has 2 aromatic carbocycles. The van der Waals surface area contributed by atoms with Crippen molar-refractivity contribution < 1.29 is 26.7 Å². The number of likely N-dealkylation sites (N-methyl/N-ethyl adjacent to an activating group) is 1. The van der Waals surface area contributed by atoms with Crippen molar-refractivity contribution in [1.29, 1.82) is 0 Å². The van der Waals surface area contributed by atoms with Crippen molar-refractivity contribution in [3.05, 3.63) is 71.4 Å². The monoisotopic (exact) mass is 613 g/mol. The number of hydrogen-bond donors (Lipinski definition) is 3. The van der Waals surface area contributed by atoms with E-state index in [1.54, 1.807) is 6.07 Å². The molecule has 43 heavy (non-hydrogen) atoms. The molecule has 2 aliphatic rings. The van der Waals surface area contributed by atoms with E-state index in [2.05, 4.69) is 32.1 Å². The van der Waals surface area contributed by atoms with Gasteiger partial charge in [-0.3, -0.25) is 4.79 Å². The van der Waals surface area contributed by atoms with E-state index < -0.39 is 37.2 Å². The van der Waals surface area contributed by atoms with Gasteiger partial charge in [-0.25, -0.2) is 22.2 Å². The molecule has 0 saturated carbocycles. The van der Waals surface area contributed by atoms with Gasteiger partial charge in [0.2, 0.25) is 9.84 Å². The van der Waals surface area contributed by atoms with Crippen molar-refractivity contribution in [3.63, 3.8) is 0 Å². The number of anilines is 3. The van der Waals surface area contributed by atoms with Crippen molar-refractivity contribution in [1.82, 2.24) is 9.88 Å². The molecule has 3 aromatic rings. The summed E-state index contributed by atoms with van der Waals surface area (Å²) in [7, 11) is -2.32. The Morgan fingerprint density at radius 2 is 1.67 bits per heavy atom. The summed E-state index contributed by atoms with van der Waals surface area (Å²) in [5, 5.41) is 3.47. The number of nitrogens with one attached hydrogen (secondary N) is 1. The normalized spacial score (nSPS) is 17.2. The van der Waals surface area contributed by atoms with Crippen LogP contribution in [-0.4, -0.2) is 82.5 Å². The van der Waals surface area contributed by atoms with Crippen LogP contribution in [0.25, 0.3) is 0 Å². The second-order valence-corrected chi connectivity index (χ2v) is 12.5. The van der Waals surface area contributed by atoms with E-state index in [4.69, 9.17) is 16.2 Å². The summed E-state index contributed by atoms with van der Waals surface area (Å²) in [6, 6.07) is 8.59. The molecule has 14 heteroatoms. The van der Waals surface area contributed by atoms with Gasteiger partial charge in [0, 0.05) is 69.1 Å². The van der Waals surface area contributed by atoms with E-state index in [9.17, 15) is 22.0 Å². The molecule has 0 radical (unpaired) electrons. The van der Waals surface area contributed by atoms with Gasteiger partial charge in [-0.2, -0.15) is 4.99 Å². The molecule has 0 spiro atoms. The highest BCUT2D eigenvalue weighted by Gasteiger charge is 2.24. The van der Waals surface area contributed by atoms with Crippen LogP contribution in [-0.2, 0) is 14.6 Å². The number of nitrogens with two attached hydrogens (primary N) is 2. The molecule has 5 rings (SSSR count). The number of amides is 1. The zero-order valence-corrected chi connectivity index (χ0v) is 24.4. The topological polar surface area (TPSA) is 156 Å². The Balaban J connectivity index is 1.46. The molecule has 2 fully saturated rings. The number of piperazine rings is 1. The van der Waals surface area contributed by atoms with E-state index in [0.29, 0.717) is 37.1 Å². The van der Waals surface area contributed by atoms with E-state index in [0.717, 1.165) is 57.0 Å². The zero-order valence-electron chi connectivity index (χ0n) is 23.6. The maximum atomic E-state index is 13.7. The molecule has 228 valence electrons. The maximum Gasteiger partial charge on any atom is 0.281 e. The second kappa shape index (κ2) is 12.6. The van der Waals surface area contributed by atoms with Crippen LogP contribution in [0.5, 0.6) is 0 Å². The third kappa shape index (κ3) is 6.92. The summed E-state index contributed by atoms with van der Waals surface area (Å²) in [6.07, 6.45) is 2.49. The fourth-order valence-corrected chi connectivity index (χ4v) is 6.29. The maximum absolute atomic E-state index is 13.7. The first-order chi connectivity index (χ1) is 20.5. The van der Waals surface area contributed by atoms with Gasteiger partial charge in [-0.1, -0.05) is 0 Å². The van der Waals surface area contributed by atoms with Crippen LogP contribution in [0.4, 0.5) is 26.0 Å². The summed E-state index contributed by atoms with van der Waals surface area (Å²) in [5.74, 6) is -3.32. The van der Waals surface area contributed by atoms with Crippen LogP contribution in [0.2, 0.25) is 0 Å². The number of halogens is 2. The predicted octanol–water partition coefficient (Wildman–Crippen LogP) is 2.66. The molecular weight excluding hydrogens is 580 g/mol. The molecule has 0 unspecified atom stereocenters. The van der Waals surface area contributed by atoms with E-state index in [1.807, 2.05) is 12.1 Å². The molecule has 11 nitrogen and oxygen atoms in total. The lowest BCUT2D eigenvalue weighted by molar-refractivity contribution is 0.0904. The number of amidine groups is 1. The molecule has 0 aliphatic carbocycles. The number of benzene rings is 2. The number of carbonyl (C=O) groups excluding carboxylic acids is 1. The average molecular weight is 614 g/mol. The third-order valence-corrected chi connectivity index (χ3v) is 9.23. The van der Waals surface area contributed by atoms with Crippen molar-refractivity contribution in [3.8, 4) is 0 Å². The quantitative estimate of drug-likeness (QED) is 0.267. The van der Waals surface area contributed by atoms with Gasteiger partial charge in [-0.15, -0.1) is 0 Å². The fraction of sp³-hybridized carbons (Fsp3) is 0.345. The Bertz CT molecular complexity index is 1630. The summed E-state index contributed by atoms with van der Waals surface area (Å²) < 4.78 is 59.2. The largest absolute Gasteiger partial charge is 0.383 e. The van der Waals surface area contributed by atoms with Crippen molar-refractivity contribution in [2.24, 2.45) is 10.7 Å². The summed E-state index contributed by atoms with van der Waals surface area (Å²) in [5.41, 5.74) is 13.9. The van der Waals surface area contributed by atoms with Crippen LogP contribution in [0, 0.1) is 11.6 Å². The molecule has 0 bridgehead atoms. The minimum absolute atomic E-state index is 0.0961. The number of carbonyl (C=O) groups is 1. The van der Waals surface area contributed by atoms with Gasteiger partial charge in [0.15, 0.2) is 0 Å². The number of ether oxygens (including phenoxy) is 1. The lowest BCUT2D eigenvalue weighted by atomic mass is 10.1. The van der Waals surface area contributed by atoms with Gasteiger partial charge in [-0.05, 0) is 56.3 Å². The number of sulfone groups is 1. The highest BCUT2D eigenvalue weighted by Crippen LogP contribution is 2.29. The Morgan fingerprint density at radius 1 is 1.00 bits per heavy atom. The Labute approximate surface area is 248 Å². The smallest absolute Gasteiger partial charge is 0.281 e. The van der Waals surface area contributed by atoms with Gasteiger partial charge in [0.1, 0.15) is 23.3 Å². The molecule has 5 N–H and O–H groups in total. The predicted molar refractivity (Wildman–Crippen MR) is 159 cm³/mol. The first-order valence-corrected chi connectivity index (χ1v) is 15.3. The lowest BCUT2D eigenvalue weighted by Crippen LogP contribution is -2.44. The van der Waals surface area contributed by atoms with Crippen molar-refractivity contribution in [2.75, 3.05) is 62.4 Å². The van der Waals surface area contributed by atoms with Gasteiger partial charge in [0.05, 0.1) is 20.9 Å². The number of hydrogen-bond acceptors (Lipinski definition) is 9. The van der Waals surface area contributed by atoms with Crippen LogP contribution < -0.4 is 21.7 Å². The fourth-order valence-electron chi connectivity index (χ4n) is 5.02. The number of aromatic nitrogens is 1. The third-order valence-electron chi connectivity index (χ3n) is 7.53. The molecule has 2 aliphatic heterocycles. The van der Waals surface area contributed by atoms with Crippen molar-refractivity contribution >= 4 is 38.8 Å². The van der Waals surface area contributed by atoms with E-state index in [-0.39, 0.29) is 28.8 Å². The summed E-state index contributed by atoms with van der Waals surface area (Å²) in [6.45, 7) is 4.75. The number of nitrogen functional groups attached to an aromatic ring is 1.